The van der Waals surface area contributed by atoms with Crippen LogP contribution in [-0.4, -0.2) is 44.3 Å². The van der Waals surface area contributed by atoms with Crippen LogP contribution in [0.3, 0.4) is 0 Å². The van der Waals surface area contributed by atoms with Gasteiger partial charge >= 0.3 is 0 Å². The highest BCUT2D eigenvalue weighted by Crippen LogP contribution is 2.44. The number of carbonyl (C=O) groups is 2. The Morgan fingerprint density at radius 2 is 1.82 bits per heavy atom. The number of aryl methyl sites for hydroxylation is 1. The molecular formula is C30H36N6O2. The molecule has 3 N–H and O–H groups in total. The second-order valence-electron chi connectivity index (χ2n) is 11.2. The third-order valence-corrected chi connectivity index (χ3v) is 8.76. The molecule has 2 aliphatic carbocycles. The topological polar surface area (TPSA) is 106 Å². The lowest BCUT2D eigenvalue weighted by Gasteiger charge is -2.35. The molecule has 3 aromatic rings. The first-order chi connectivity index (χ1) is 18.4. The van der Waals surface area contributed by atoms with Gasteiger partial charge in [-0.3, -0.25) is 9.59 Å². The van der Waals surface area contributed by atoms with Crippen LogP contribution in [0.2, 0.25) is 0 Å². The molecule has 0 radical (unpaired) electrons. The number of aromatic nitrogens is 3. The van der Waals surface area contributed by atoms with Crippen molar-refractivity contribution >= 4 is 39.9 Å². The summed E-state index contributed by atoms with van der Waals surface area (Å²) in [6.45, 7) is 3.72. The zero-order valence-electron chi connectivity index (χ0n) is 22.2. The first-order valence-corrected chi connectivity index (χ1v) is 13.9. The third kappa shape index (κ3) is 4.36. The molecule has 2 fully saturated rings. The number of nitrogen functional groups attached to an aromatic ring is 1. The van der Waals surface area contributed by atoms with Gasteiger partial charge in [0.1, 0.15) is 17.8 Å². The molecule has 0 spiro atoms. The molecule has 8 heteroatoms. The van der Waals surface area contributed by atoms with Crippen molar-refractivity contribution in [1.29, 1.82) is 0 Å². The van der Waals surface area contributed by atoms with Gasteiger partial charge in [-0.25, -0.2) is 9.97 Å². The van der Waals surface area contributed by atoms with Gasteiger partial charge in [0.25, 0.3) is 0 Å². The Morgan fingerprint density at radius 1 is 1.08 bits per heavy atom. The fourth-order valence-corrected chi connectivity index (χ4v) is 6.82. The Hall–Kier alpha value is -3.68. The molecular weight excluding hydrogens is 476 g/mol. The number of carbonyl (C=O) groups excluding carboxylic acids is 2. The quantitative estimate of drug-likeness (QED) is 0.500. The minimum Gasteiger partial charge on any atom is -0.383 e. The molecule has 3 aliphatic rings. The Kier molecular flexibility index (Phi) is 6.41. The smallest absolute Gasteiger partial charge is 0.226 e. The first-order valence-electron chi connectivity index (χ1n) is 13.9. The third-order valence-electron chi connectivity index (χ3n) is 8.76. The summed E-state index contributed by atoms with van der Waals surface area (Å²) in [5.41, 5.74) is 12.2. The van der Waals surface area contributed by atoms with E-state index in [1.54, 1.807) is 0 Å². The number of rotatable bonds is 5. The second-order valence-corrected chi connectivity index (χ2v) is 11.2. The van der Waals surface area contributed by atoms with Gasteiger partial charge in [0.15, 0.2) is 0 Å². The summed E-state index contributed by atoms with van der Waals surface area (Å²) >= 11 is 0. The molecule has 1 aromatic carbocycles. The maximum absolute atomic E-state index is 13.4. The van der Waals surface area contributed by atoms with Crippen molar-refractivity contribution < 1.29 is 9.59 Å². The zero-order valence-corrected chi connectivity index (χ0v) is 22.2. The van der Waals surface area contributed by atoms with Crippen molar-refractivity contribution in [2.24, 2.45) is 24.8 Å². The number of benzene rings is 1. The molecule has 3 heterocycles. The lowest BCUT2D eigenvalue weighted by atomic mass is 9.83. The van der Waals surface area contributed by atoms with Crippen LogP contribution in [0.15, 0.2) is 36.7 Å². The Labute approximate surface area is 223 Å². The van der Waals surface area contributed by atoms with E-state index in [4.69, 9.17) is 5.73 Å². The standard InChI is InChI=1S/C30H36N6O2/c1-3-24(37)34-23-12-10-21(11-13-23)27-25(26-28(31)32-17-33-29(26)35(27)2)20-6-8-22(9-7-20)30(38)36-15-18-4-5-19(14-18)16-36/h6,10-13,17-19,22H,3-5,7-9,14-16H2,1-2H3,(H,34,37)(H2,31,32,33). The number of piperidine rings is 1. The van der Waals surface area contributed by atoms with Crippen LogP contribution >= 0.6 is 0 Å². The van der Waals surface area contributed by atoms with E-state index in [0.29, 0.717) is 30.0 Å². The van der Waals surface area contributed by atoms with Gasteiger partial charge in [-0.05, 0) is 73.6 Å². The molecule has 8 nitrogen and oxygen atoms in total. The van der Waals surface area contributed by atoms with E-state index in [0.717, 1.165) is 65.9 Å². The summed E-state index contributed by atoms with van der Waals surface area (Å²) in [4.78, 5) is 36.3. The van der Waals surface area contributed by atoms with Gasteiger partial charge in [-0.2, -0.15) is 0 Å². The van der Waals surface area contributed by atoms with Crippen LogP contribution in [0.5, 0.6) is 0 Å². The molecule has 3 atom stereocenters. The number of nitrogens with one attached hydrogen (secondary N) is 1. The molecule has 2 aromatic heterocycles. The second kappa shape index (κ2) is 9.89. The highest BCUT2D eigenvalue weighted by atomic mass is 16.2. The van der Waals surface area contributed by atoms with Gasteiger partial charge in [0, 0.05) is 43.7 Å². The highest BCUT2D eigenvalue weighted by molar-refractivity contribution is 6.04. The van der Waals surface area contributed by atoms with Crippen LogP contribution in [0.4, 0.5) is 11.5 Å². The van der Waals surface area contributed by atoms with Gasteiger partial charge in [-0.1, -0.05) is 25.1 Å². The van der Waals surface area contributed by atoms with Gasteiger partial charge in [0.05, 0.1) is 11.1 Å². The SMILES string of the molecule is CCC(=O)Nc1ccc(-c2c(C3=CCC(C(=O)N4CC5CCC(C5)C4)CC3)c3c(N)ncnc3n2C)cc1. The van der Waals surface area contributed by atoms with Crippen LogP contribution in [-0.2, 0) is 16.6 Å². The summed E-state index contributed by atoms with van der Waals surface area (Å²) in [6, 6.07) is 7.89. The summed E-state index contributed by atoms with van der Waals surface area (Å²) < 4.78 is 2.07. The lowest BCUT2D eigenvalue weighted by molar-refractivity contribution is -0.137. The molecule has 2 bridgehead atoms. The van der Waals surface area contributed by atoms with Gasteiger partial charge in [-0.15, -0.1) is 0 Å². The van der Waals surface area contributed by atoms with Crippen molar-refractivity contribution in [3.8, 4) is 11.3 Å². The fourth-order valence-electron chi connectivity index (χ4n) is 6.82. The monoisotopic (exact) mass is 512 g/mol. The van der Waals surface area contributed by atoms with Crippen LogP contribution in [0, 0.1) is 17.8 Å². The molecule has 3 unspecified atom stereocenters. The number of likely N-dealkylation sites (tertiary alicyclic amines) is 1. The minimum absolute atomic E-state index is 0.0141. The summed E-state index contributed by atoms with van der Waals surface area (Å²) in [5, 5.41) is 3.77. The predicted octanol–water partition coefficient (Wildman–Crippen LogP) is 5.01. The van der Waals surface area contributed by atoms with E-state index in [-0.39, 0.29) is 11.8 Å². The van der Waals surface area contributed by atoms with E-state index >= 15 is 0 Å². The van der Waals surface area contributed by atoms with Crippen molar-refractivity contribution in [3.63, 3.8) is 0 Å². The van der Waals surface area contributed by atoms with E-state index in [2.05, 4.69) is 30.8 Å². The van der Waals surface area contributed by atoms with Crippen molar-refractivity contribution in [2.75, 3.05) is 24.1 Å². The minimum atomic E-state index is -0.0141. The summed E-state index contributed by atoms with van der Waals surface area (Å²) in [5.74, 6) is 2.24. The number of fused-ring (bicyclic) bond motifs is 3. The number of hydrogen-bond acceptors (Lipinski definition) is 5. The number of nitrogens with zero attached hydrogens (tertiary/aromatic N) is 4. The molecule has 1 aliphatic heterocycles. The lowest BCUT2D eigenvalue weighted by Crippen LogP contribution is -2.44. The van der Waals surface area contributed by atoms with E-state index in [1.807, 2.05) is 38.2 Å². The van der Waals surface area contributed by atoms with E-state index in [9.17, 15) is 9.59 Å². The molecule has 198 valence electrons. The van der Waals surface area contributed by atoms with Crippen LogP contribution in [0.1, 0.15) is 57.4 Å². The van der Waals surface area contributed by atoms with Gasteiger partial charge < -0.3 is 20.5 Å². The maximum atomic E-state index is 13.4. The Bertz CT molecular complexity index is 1410. The Morgan fingerprint density at radius 3 is 2.47 bits per heavy atom. The number of anilines is 2. The van der Waals surface area contributed by atoms with Crippen LogP contribution in [0.25, 0.3) is 27.9 Å². The Balaban J connectivity index is 1.32. The van der Waals surface area contributed by atoms with E-state index in [1.165, 1.54) is 31.2 Å². The molecule has 1 saturated heterocycles. The number of allylic oxidation sites excluding steroid dienone is 2. The maximum Gasteiger partial charge on any atom is 0.226 e. The predicted molar refractivity (Wildman–Crippen MR) is 150 cm³/mol. The van der Waals surface area contributed by atoms with Crippen LogP contribution < -0.4 is 11.1 Å². The van der Waals surface area contributed by atoms with Crippen molar-refractivity contribution in [3.05, 3.63) is 42.2 Å². The molecule has 38 heavy (non-hydrogen) atoms. The largest absolute Gasteiger partial charge is 0.383 e. The van der Waals surface area contributed by atoms with E-state index < -0.39 is 0 Å². The average Bonchev–Trinajstić information content (AvgIpc) is 3.44. The van der Waals surface area contributed by atoms with Crippen molar-refractivity contribution in [2.45, 2.75) is 51.9 Å². The average molecular weight is 513 g/mol. The number of hydrogen-bond donors (Lipinski definition) is 2. The summed E-state index contributed by atoms with van der Waals surface area (Å²) in [6.07, 6.45) is 10.4. The normalized spacial score (nSPS) is 22.9. The molecule has 1 saturated carbocycles. The summed E-state index contributed by atoms with van der Waals surface area (Å²) in [7, 11) is 2.00. The molecule has 6 rings (SSSR count). The molecule has 2 amide bonds. The number of amides is 2. The highest BCUT2D eigenvalue weighted by Gasteiger charge is 2.37. The van der Waals surface area contributed by atoms with Crippen molar-refractivity contribution in [1.82, 2.24) is 19.4 Å². The zero-order chi connectivity index (χ0) is 26.4. The van der Waals surface area contributed by atoms with Gasteiger partial charge in [0.2, 0.25) is 11.8 Å². The first kappa shape index (κ1) is 24.6. The number of nitrogens with two attached hydrogens (primary N) is 1. The fraction of sp³-hybridized carbons (Fsp3) is 0.467.